The standard InChI is InChI=1S/C15H20N2O/c1-10-8-11(2)14(12(3)9-10)17-15(18)16-7-6-13-4-5-13/h6-9,13H,4-5H2,1-3H3,(H2,16,17,18)/b7-6+. The summed E-state index contributed by atoms with van der Waals surface area (Å²) in [4.78, 5) is 11.7. The van der Waals surface area contributed by atoms with Crippen molar-refractivity contribution in [2.24, 2.45) is 5.92 Å². The third-order valence-electron chi connectivity index (χ3n) is 3.12. The van der Waals surface area contributed by atoms with Gasteiger partial charge in [-0.1, -0.05) is 23.8 Å². The summed E-state index contributed by atoms with van der Waals surface area (Å²) in [5.74, 6) is 0.674. The summed E-state index contributed by atoms with van der Waals surface area (Å²) in [5.41, 5.74) is 4.30. The van der Waals surface area contributed by atoms with Crippen LogP contribution >= 0.6 is 0 Å². The van der Waals surface area contributed by atoms with Crippen LogP contribution in [0.5, 0.6) is 0 Å². The molecule has 3 heteroatoms. The van der Waals surface area contributed by atoms with Gasteiger partial charge in [0.15, 0.2) is 0 Å². The zero-order valence-electron chi connectivity index (χ0n) is 11.2. The van der Waals surface area contributed by atoms with E-state index >= 15 is 0 Å². The van der Waals surface area contributed by atoms with Gasteiger partial charge in [-0.3, -0.25) is 0 Å². The molecule has 1 aliphatic rings. The van der Waals surface area contributed by atoms with Crippen LogP contribution in [0.4, 0.5) is 10.5 Å². The second kappa shape index (κ2) is 5.25. The molecule has 1 aromatic carbocycles. The van der Waals surface area contributed by atoms with Gasteiger partial charge in [0.1, 0.15) is 0 Å². The van der Waals surface area contributed by atoms with Gasteiger partial charge in [-0.15, -0.1) is 0 Å². The van der Waals surface area contributed by atoms with Crippen LogP contribution in [0.3, 0.4) is 0 Å². The molecule has 0 atom stereocenters. The number of hydrogen-bond donors (Lipinski definition) is 2. The van der Waals surface area contributed by atoms with Crippen molar-refractivity contribution in [3.63, 3.8) is 0 Å². The number of urea groups is 1. The van der Waals surface area contributed by atoms with E-state index < -0.39 is 0 Å². The van der Waals surface area contributed by atoms with Gasteiger partial charge >= 0.3 is 6.03 Å². The Labute approximate surface area is 108 Å². The van der Waals surface area contributed by atoms with E-state index in [2.05, 4.69) is 35.8 Å². The molecule has 3 nitrogen and oxygen atoms in total. The molecule has 1 aliphatic carbocycles. The van der Waals surface area contributed by atoms with E-state index in [-0.39, 0.29) is 6.03 Å². The minimum atomic E-state index is -0.179. The van der Waals surface area contributed by atoms with Crippen LogP contribution in [-0.4, -0.2) is 6.03 Å². The number of aryl methyl sites for hydroxylation is 3. The van der Waals surface area contributed by atoms with Crippen LogP contribution in [0.2, 0.25) is 0 Å². The molecule has 0 saturated heterocycles. The Balaban J connectivity index is 1.97. The lowest BCUT2D eigenvalue weighted by Gasteiger charge is -2.12. The molecule has 2 amide bonds. The minimum Gasteiger partial charge on any atom is -0.315 e. The van der Waals surface area contributed by atoms with Crippen LogP contribution in [0.1, 0.15) is 29.5 Å². The quantitative estimate of drug-likeness (QED) is 0.837. The summed E-state index contributed by atoms with van der Waals surface area (Å²) < 4.78 is 0. The normalized spacial score (nSPS) is 14.8. The first-order valence-electron chi connectivity index (χ1n) is 6.38. The van der Waals surface area contributed by atoms with Crippen molar-refractivity contribution < 1.29 is 4.79 Å². The third kappa shape index (κ3) is 3.36. The number of hydrogen-bond acceptors (Lipinski definition) is 1. The molecule has 0 bridgehead atoms. The molecule has 96 valence electrons. The van der Waals surface area contributed by atoms with E-state index in [1.165, 1.54) is 18.4 Å². The fraction of sp³-hybridized carbons (Fsp3) is 0.400. The van der Waals surface area contributed by atoms with Crippen LogP contribution in [-0.2, 0) is 0 Å². The molecule has 0 heterocycles. The SMILES string of the molecule is Cc1cc(C)c(NC(=O)N/C=C/C2CC2)c(C)c1. The Morgan fingerprint density at radius 3 is 2.39 bits per heavy atom. The van der Waals surface area contributed by atoms with E-state index in [1.807, 2.05) is 13.8 Å². The highest BCUT2D eigenvalue weighted by atomic mass is 16.2. The predicted octanol–water partition coefficient (Wildman–Crippen LogP) is 3.66. The Hall–Kier alpha value is -1.77. The summed E-state index contributed by atoms with van der Waals surface area (Å²) in [6, 6.07) is 3.97. The average Bonchev–Trinajstić information content (AvgIpc) is 3.07. The maximum atomic E-state index is 11.7. The van der Waals surface area contributed by atoms with E-state index in [4.69, 9.17) is 0 Å². The lowest BCUT2D eigenvalue weighted by molar-refractivity contribution is 0.255. The van der Waals surface area contributed by atoms with Gasteiger partial charge in [0, 0.05) is 11.9 Å². The highest BCUT2D eigenvalue weighted by Crippen LogP contribution is 2.29. The maximum absolute atomic E-state index is 11.7. The van der Waals surface area contributed by atoms with E-state index in [0.717, 1.165) is 16.8 Å². The number of carbonyl (C=O) groups excluding carboxylic acids is 1. The summed E-state index contributed by atoms with van der Waals surface area (Å²) in [7, 11) is 0. The lowest BCUT2D eigenvalue weighted by Crippen LogP contribution is -2.24. The molecule has 0 unspecified atom stereocenters. The zero-order chi connectivity index (χ0) is 13.1. The second-order valence-electron chi connectivity index (χ2n) is 5.07. The van der Waals surface area contributed by atoms with Gasteiger partial charge in [-0.05, 0) is 50.7 Å². The first-order valence-corrected chi connectivity index (χ1v) is 6.38. The van der Waals surface area contributed by atoms with Crippen molar-refractivity contribution in [3.05, 3.63) is 41.1 Å². The van der Waals surface area contributed by atoms with Gasteiger partial charge in [0.05, 0.1) is 0 Å². The van der Waals surface area contributed by atoms with E-state index in [9.17, 15) is 4.79 Å². The maximum Gasteiger partial charge on any atom is 0.323 e. The molecule has 18 heavy (non-hydrogen) atoms. The number of amides is 2. The van der Waals surface area contributed by atoms with Crippen molar-refractivity contribution >= 4 is 11.7 Å². The van der Waals surface area contributed by atoms with Crippen LogP contribution in [0.15, 0.2) is 24.4 Å². The highest BCUT2D eigenvalue weighted by Gasteiger charge is 2.17. The largest absolute Gasteiger partial charge is 0.323 e. The molecular weight excluding hydrogens is 224 g/mol. The van der Waals surface area contributed by atoms with Crippen LogP contribution in [0, 0.1) is 26.7 Å². The molecular formula is C15H20N2O. The topological polar surface area (TPSA) is 41.1 Å². The summed E-state index contributed by atoms with van der Waals surface area (Å²) >= 11 is 0. The molecule has 1 fully saturated rings. The summed E-state index contributed by atoms with van der Waals surface area (Å²) in [5, 5.41) is 5.64. The Kier molecular flexibility index (Phi) is 3.70. The number of benzene rings is 1. The van der Waals surface area contributed by atoms with Crippen molar-refractivity contribution in [1.29, 1.82) is 0 Å². The fourth-order valence-corrected chi connectivity index (χ4v) is 2.08. The number of carbonyl (C=O) groups is 1. The Bertz CT molecular complexity index is 464. The first kappa shape index (κ1) is 12.7. The fourth-order valence-electron chi connectivity index (χ4n) is 2.08. The molecule has 2 N–H and O–H groups in total. The van der Waals surface area contributed by atoms with E-state index in [1.54, 1.807) is 6.20 Å². The van der Waals surface area contributed by atoms with Crippen LogP contribution in [0.25, 0.3) is 0 Å². The third-order valence-corrected chi connectivity index (χ3v) is 3.12. The van der Waals surface area contributed by atoms with Gasteiger partial charge in [-0.25, -0.2) is 4.79 Å². The van der Waals surface area contributed by atoms with E-state index in [0.29, 0.717) is 5.92 Å². The summed E-state index contributed by atoms with van der Waals surface area (Å²) in [6.45, 7) is 6.08. The predicted molar refractivity (Wildman–Crippen MR) is 74.7 cm³/mol. The van der Waals surface area contributed by atoms with Gasteiger partial charge < -0.3 is 10.6 Å². The van der Waals surface area contributed by atoms with Crippen molar-refractivity contribution in [1.82, 2.24) is 5.32 Å². The Morgan fingerprint density at radius 2 is 1.83 bits per heavy atom. The first-order chi connectivity index (χ1) is 8.56. The number of nitrogens with one attached hydrogen (secondary N) is 2. The smallest absolute Gasteiger partial charge is 0.315 e. The molecule has 1 saturated carbocycles. The molecule has 0 spiro atoms. The molecule has 0 radical (unpaired) electrons. The molecule has 2 rings (SSSR count). The molecule has 0 aliphatic heterocycles. The van der Waals surface area contributed by atoms with Crippen LogP contribution < -0.4 is 10.6 Å². The average molecular weight is 244 g/mol. The molecule has 1 aromatic rings. The van der Waals surface area contributed by atoms with Crippen molar-refractivity contribution in [2.45, 2.75) is 33.6 Å². The second-order valence-corrected chi connectivity index (χ2v) is 5.07. The molecule has 0 aromatic heterocycles. The summed E-state index contributed by atoms with van der Waals surface area (Å²) in [6.07, 6.45) is 6.28. The lowest BCUT2D eigenvalue weighted by atomic mass is 10.1. The number of anilines is 1. The van der Waals surface area contributed by atoms with Crippen molar-refractivity contribution in [2.75, 3.05) is 5.32 Å². The monoisotopic (exact) mass is 244 g/mol. The van der Waals surface area contributed by atoms with Gasteiger partial charge in [0.25, 0.3) is 0 Å². The number of rotatable bonds is 3. The minimum absolute atomic E-state index is 0.179. The Morgan fingerprint density at radius 1 is 1.22 bits per heavy atom. The van der Waals surface area contributed by atoms with Gasteiger partial charge in [0.2, 0.25) is 0 Å². The zero-order valence-corrected chi connectivity index (χ0v) is 11.2. The van der Waals surface area contributed by atoms with Gasteiger partial charge in [-0.2, -0.15) is 0 Å². The van der Waals surface area contributed by atoms with Crippen molar-refractivity contribution in [3.8, 4) is 0 Å². The highest BCUT2D eigenvalue weighted by molar-refractivity contribution is 5.91. The number of allylic oxidation sites excluding steroid dienone is 1.